The van der Waals surface area contributed by atoms with Gasteiger partial charge in [-0.2, -0.15) is 0 Å². The first kappa shape index (κ1) is 15.1. The normalized spacial score (nSPS) is 13.8. The zero-order chi connectivity index (χ0) is 13.8. The van der Waals surface area contributed by atoms with Gasteiger partial charge in [-0.05, 0) is 37.9 Å². The molecule has 0 aliphatic rings. The first-order chi connectivity index (χ1) is 8.36. The smallest absolute Gasteiger partial charge is 0.240 e. The lowest BCUT2D eigenvalue weighted by Crippen LogP contribution is -2.39. The molecule has 0 amide bonds. The van der Waals surface area contributed by atoms with Crippen LogP contribution < -0.4 is 10.5 Å². The average Bonchev–Trinajstić information content (AvgIpc) is 2.28. The predicted octanol–water partition coefficient (Wildman–Crippen LogP) is 1.65. The van der Waals surface area contributed by atoms with Crippen LogP contribution in [-0.2, 0) is 10.0 Å². The summed E-state index contributed by atoms with van der Waals surface area (Å²) in [4.78, 5) is 0.302. The molecule has 18 heavy (non-hydrogen) atoms. The molecule has 1 atom stereocenters. The summed E-state index contributed by atoms with van der Waals surface area (Å²) in [7, 11) is -3.45. The Bertz CT molecular complexity index is 466. The van der Waals surface area contributed by atoms with Gasteiger partial charge in [-0.3, -0.25) is 0 Å². The molecule has 1 aromatic carbocycles. The molecule has 102 valence electrons. The van der Waals surface area contributed by atoms with Crippen molar-refractivity contribution < 1.29 is 8.42 Å². The van der Waals surface area contributed by atoms with Crippen molar-refractivity contribution in [1.82, 2.24) is 4.72 Å². The van der Waals surface area contributed by atoms with Crippen molar-refractivity contribution in [3.05, 3.63) is 29.8 Å². The molecule has 3 N–H and O–H groups in total. The predicted molar refractivity (Wildman–Crippen MR) is 73.8 cm³/mol. The number of hydrogen-bond acceptors (Lipinski definition) is 3. The minimum atomic E-state index is -3.45. The highest BCUT2D eigenvalue weighted by Crippen LogP contribution is 2.14. The van der Waals surface area contributed by atoms with E-state index in [4.69, 9.17) is 5.73 Å². The summed E-state index contributed by atoms with van der Waals surface area (Å²) in [5, 5.41) is 0. The van der Waals surface area contributed by atoms with E-state index >= 15 is 0 Å². The van der Waals surface area contributed by atoms with E-state index in [2.05, 4.69) is 4.72 Å². The quantitative estimate of drug-likeness (QED) is 0.825. The number of aryl methyl sites for hydroxylation is 1. The third-order valence-corrected chi connectivity index (χ3v) is 4.43. The Morgan fingerprint density at radius 3 is 2.22 bits per heavy atom. The molecule has 5 heteroatoms. The fourth-order valence-corrected chi connectivity index (χ4v) is 3.11. The van der Waals surface area contributed by atoms with E-state index in [-0.39, 0.29) is 12.0 Å². The molecule has 1 aromatic rings. The van der Waals surface area contributed by atoms with Crippen LogP contribution in [0, 0.1) is 12.8 Å². The number of benzene rings is 1. The molecule has 0 saturated heterocycles. The standard InChI is InChI=1S/C13H22N2O2S/c1-10(2)13(8-9-14)15-18(16,17)12-6-4-11(3)5-7-12/h4-7,10,13,15H,8-9,14H2,1-3H3. The van der Waals surface area contributed by atoms with Crippen molar-refractivity contribution in [3.8, 4) is 0 Å². The van der Waals surface area contributed by atoms with Crippen LogP contribution in [0.4, 0.5) is 0 Å². The highest BCUT2D eigenvalue weighted by Gasteiger charge is 2.21. The number of sulfonamides is 1. The molecule has 0 aromatic heterocycles. The monoisotopic (exact) mass is 270 g/mol. The molecule has 0 radical (unpaired) electrons. The second kappa shape index (κ2) is 6.31. The highest BCUT2D eigenvalue weighted by atomic mass is 32.2. The molecular weight excluding hydrogens is 248 g/mol. The van der Waals surface area contributed by atoms with Gasteiger partial charge in [-0.15, -0.1) is 0 Å². The number of hydrogen-bond donors (Lipinski definition) is 2. The molecule has 1 unspecified atom stereocenters. The molecule has 0 spiro atoms. The molecule has 0 aliphatic heterocycles. The molecular formula is C13H22N2O2S. The summed E-state index contributed by atoms with van der Waals surface area (Å²) >= 11 is 0. The van der Waals surface area contributed by atoms with Crippen molar-refractivity contribution >= 4 is 10.0 Å². The van der Waals surface area contributed by atoms with E-state index in [0.717, 1.165) is 5.56 Å². The van der Waals surface area contributed by atoms with E-state index < -0.39 is 10.0 Å². The largest absolute Gasteiger partial charge is 0.330 e. The van der Waals surface area contributed by atoms with Crippen molar-refractivity contribution in [3.63, 3.8) is 0 Å². The number of nitrogens with two attached hydrogens (primary N) is 1. The van der Waals surface area contributed by atoms with Gasteiger partial charge in [0.25, 0.3) is 0 Å². The summed E-state index contributed by atoms with van der Waals surface area (Å²) < 4.78 is 27.1. The van der Waals surface area contributed by atoms with Crippen LogP contribution in [0.3, 0.4) is 0 Å². The van der Waals surface area contributed by atoms with Crippen LogP contribution in [0.15, 0.2) is 29.2 Å². The van der Waals surface area contributed by atoms with Gasteiger partial charge in [-0.1, -0.05) is 31.5 Å². The molecule has 0 bridgehead atoms. The lowest BCUT2D eigenvalue weighted by Gasteiger charge is -2.21. The van der Waals surface area contributed by atoms with Crippen molar-refractivity contribution in [1.29, 1.82) is 0 Å². The van der Waals surface area contributed by atoms with Gasteiger partial charge in [0.2, 0.25) is 10.0 Å². The highest BCUT2D eigenvalue weighted by molar-refractivity contribution is 7.89. The van der Waals surface area contributed by atoms with Crippen LogP contribution in [-0.4, -0.2) is 21.0 Å². The number of nitrogens with one attached hydrogen (secondary N) is 1. The second-order valence-corrected chi connectivity index (χ2v) is 6.58. The molecule has 1 rings (SSSR count). The van der Waals surface area contributed by atoms with Crippen LogP contribution in [0.25, 0.3) is 0 Å². The minimum Gasteiger partial charge on any atom is -0.330 e. The minimum absolute atomic E-state index is 0.124. The van der Waals surface area contributed by atoms with Crippen molar-refractivity contribution in [2.75, 3.05) is 6.54 Å². The summed E-state index contributed by atoms with van der Waals surface area (Å²) in [6.45, 7) is 6.37. The lowest BCUT2D eigenvalue weighted by molar-refractivity contribution is 0.428. The first-order valence-corrected chi connectivity index (χ1v) is 7.64. The Balaban J connectivity index is 2.89. The van der Waals surface area contributed by atoms with Crippen molar-refractivity contribution in [2.45, 2.75) is 38.1 Å². The van der Waals surface area contributed by atoms with Crippen molar-refractivity contribution in [2.24, 2.45) is 11.7 Å². The Kier molecular flexibility index (Phi) is 5.31. The maximum Gasteiger partial charge on any atom is 0.240 e. The van der Waals surface area contributed by atoms with Crippen LogP contribution in [0.5, 0.6) is 0 Å². The molecule has 4 nitrogen and oxygen atoms in total. The number of rotatable bonds is 6. The Hall–Kier alpha value is -0.910. The average molecular weight is 270 g/mol. The molecule has 0 aliphatic carbocycles. The van der Waals surface area contributed by atoms with Crippen LogP contribution >= 0.6 is 0 Å². The zero-order valence-electron chi connectivity index (χ0n) is 11.2. The summed E-state index contributed by atoms with van der Waals surface area (Å²) in [6.07, 6.45) is 0.642. The van der Waals surface area contributed by atoms with E-state index in [0.29, 0.717) is 17.9 Å². The third kappa shape index (κ3) is 4.08. The van der Waals surface area contributed by atoms with E-state index in [1.54, 1.807) is 24.3 Å². The Morgan fingerprint density at radius 1 is 1.22 bits per heavy atom. The fraction of sp³-hybridized carbons (Fsp3) is 0.538. The van der Waals surface area contributed by atoms with Gasteiger partial charge in [0.05, 0.1) is 4.90 Å². The van der Waals surface area contributed by atoms with Gasteiger partial charge in [-0.25, -0.2) is 13.1 Å². The van der Waals surface area contributed by atoms with Gasteiger partial charge in [0.1, 0.15) is 0 Å². The van der Waals surface area contributed by atoms with Gasteiger partial charge in [0.15, 0.2) is 0 Å². The van der Waals surface area contributed by atoms with Crippen LogP contribution in [0.2, 0.25) is 0 Å². The SMILES string of the molecule is Cc1ccc(S(=O)(=O)NC(CCN)C(C)C)cc1. The Labute approximate surface area is 110 Å². The van der Waals surface area contributed by atoms with E-state index in [1.807, 2.05) is 20.8 Å². The van der Waals surface area contributed by atoms with E-state index in [9.17, 15) is 8.42 Å². The Morgan fingerprint density at radius 2 is 1.78 bits per heavy atom. The maximum absolute atomic E-state index is 12.2. The molecule has 0 heterocycles. The van der Waals surface area contributed by atoms with E-state index in [1.165, 1.54) is 0 Å². The summed E-state index contributed by atoms with van der Waals surface area (Å²) in [5.41, 5.74) is 6.55. The topological polar surface area (TPSA) is 72.2 Å². The lowest BCUT2D eigenvalue weighted by atomic mass is 10.0. The summed E-state index contributed by atoms with van der Waals surface area (Å²) in [6, 6.07) is 6.71. The fourth-order valence-electron chi connectivity index (χ4n) is 1.69. The maximum atomic E-state index is 12.2. The molecule has 0 fully saturated rings. The zero-order valence-corrected chi connectivity index (χ0v) is 12.0. The first-order valence-electron chi connectivity index (χ1n) is 6.16. The van der Waals surface area contributed by atoms with Gasteiger partial charge >= 0.3 is 0 Å². The van der Waals surface area contributed by atoms with Gasteiger partial charge < -0.3 is 5.73 Å². The summed E-state index contributed by atoms with van der Waals surface area (Å²) in [5.74, 6) is 0.216. The van der Waals surface area contributed by atoms with Gasteiger partial charge in [0, 0.05) is 6.04 Å². The van der Waals surface area contributed by atoms with Crippen LogP contribution in [0.1, 0.15) is 25.8 Å². The second-order valence-electron chi connectivity index (χ2n) is 4.86. The molecule has 0 saturated carbocycles. The third-order valence-electron chi connectivity index (χ3n) is 2.92.